The summed E-state index contributed by atoms with van der Waals surface area (Å²) in [7, 11) is 0. The maximum absolute atomic E-state index is 13.6. The number of halogens is 1. The van der Waals surface area contributed by atoms with E-state index in [9.17, 15) is 4.39 Å². The fourth-order valence-corrected chi connectivity index (χ4v) is 1.47. The quantitative estimate of drug-likeness (QED) is 0.777. The molecule has 0 amide bonds. The van der Waals surface area contributed by atoms with Crippen LogP contribution < -0.4 is 4.74 Å². The van der Waals surface area contributed by atoms with Gasteiger partial charge in [-0.3, -0.25) is 0 Å². The fourth-order valence-electron chi connectivity index (χ4n) is 1.29. The monoisotopic (exact) mass is 228 g/mol. The van der Waals surface area contributed by atoms with E-state index < -0.39 is 0 Å². The second kappa shape index (κ2) is 4.88. The lowest BCUT2D eigenvalue weighted by Crippen LogP contribution is -2.19. The van der Waals surface area contributed by atoms with Gasteiger partial charge in [0.05, 0.1) is 6.61 Å². The average molecular weight is 228 g/mol. The van der Waals surface area contributed by atoms with Gasteiger partial charge in [0, 0.05) is 0 Å². The van der Waals surface area contributed by atoms with Gasteiger partial charge in [-0.15, -0.1) is 0 Å². The Kier molecular flexibility index (Phi) is 4.03. The molecule has 0 bridgehead atoms. The zero-order valence-corrected chi connectivity index (χ0v) is 10.3. The third-order valence-corrected chi connectivity index (χ3v) is 3.20. The van der Waals surface area contributed by atoms with Gasteiger partial charge in [0.1, 0.15) is 0 Å². The third-order valence-electron chi connectivity index (χ3n) is 2.41. The third kappa shape index (κ3) is 2.88. The molecule has 3 heteroatoms. The van der Waals surface area contributed by atoms with Crippen molar-refractivity contribution in [2.75, 3.05) is 12.4 Å². The Morgan fingerprint density at radius 3 is 2.53 bits per heavy atom. The summed E-state index contributed by atoms with van der Waals surface area (Å²) in [5.74, 6) is 0.695. The molecule has 1 nitrogen and oxygen atoms in total. The maximum Gasteiger partial charge on any atom is 0.165 e. The van der Waals surface area contributed by atoms with Gasteiger partial charge in [-0.2, -0.15) is 12.6 Å². The average Bonchev–Trinajstić information content (AvgIpc) is 2.21. The lowest BCUT2D eigenvalue weighted by atomic mass is 9.87. The minimum absolute atomic E-state index is 0.116. The van der Waals surface area contributed by atoms with E-state index >= 15 is 0 Å². The van der Waals surface area contributed by atoms with E-state index in [1.807, 2.05) is 26.8 Å². The Morgan fingerprint density at radius 1 is 1.40 bits per heavy atom. The Labute approximate surface area is 96.1 Å². The Morgan fingerprint density at radius 2 is 2.07 bits per heavy atom. The first-order valence-electron chi connectivity index (χ1n) is 5.05. The molecular formula is C12H17FOS. The van der Waals surface area contributed by atoms with Crippen molar-refractivity contribution >= 4 is 12.6 Å². The van der Waals surface area contributed by atoms with Crippen LogP contribution in [0.2, 0.25) is 0 Å². The first-order valence-corrected chi connectivity index (χ1v) is 5.68. The standard InChI is InChI=1S/C12H17FOS/c1-4-14-11-6-5-9(7-10(11)13)12(2,3)8-15/h5-7,15H,4,8H2,1-3H3. The van der Waals surface area contributed by atoms with Crippen LogP contribution in [0.5, 0.6) is 5.75 Å². The summed E-state index contributed by atoms with van der Waals surface area (Å²) in [4.78, 5) is 0. The molecular weight excluding hydrogens is 211 g/mol. The van der Waals surface area contributed by atoms with Crippen molar-refractivity contribution in [3.05, 3.63) is 29.6 Å². The van der Waals surface area contributed by atoms with Gasteiger partial charge < -0.3 is 4.74 Å². The van der Waals surface area contributed by atoms with Crippen molar-refractivity contribution in [2.24, 2.45) is 0 Å². The summed E-state index contributed by atoms with van der Waals surface area (Å²) in [5.41, 5.74) is 0.827. The van der Waals surface area contributed by atoms with Crippen LogP contribution in [-0.2, 0) is 5.41 Å². The number of benzene rings is 1. The van der Waals surface area contributed by atoms with Crippen LogP contribution >= 0.6 is 12.6 Å². The molecule has 0 unspecified atom stereocenters. The van der Waals surface area contributed by atoms with Crippen molar-refractivity contribution in [1.29, 1.82) is 0 Å². The Balaban J connectivity index is 3.01. The topological polar surface area (TPSA) is 9.23 Å². The van der Waals surface area contributed by atoms with Crippen molar-refractivity contribution in [3.8, 4) is 5.75 Å². The number of thiol groups is 1. The first kappa shape index (κ1) is 12.4. The van der Waals surface area contributed by atoms with Crippen molar-refractivity contribution in [3.63, 3.8) is 0 Å². The molecule has 1 aromatic carbocycles. The van der Waals surface area contributed by atoms with Crippen LogP contribution in [0.4, 0.5) is 4.39 Å². The first-order chi connectivity index (χ1) is 7.01. The molecule has 0 N–H and O–H groups in total. The molecule has 0 heterocycles. The van der Waals surface area contributed by atoms with E-state index in [4.69, 9.17) is 4.74 Å². The maximum atomic E-state index is 13.6. The largest absolute Gasteiger partial charge is 0.491 e. The molecule has 0 atom stereocenters. The van der Waals surface area contributed by atoms with Gasteiger partial charge in [0.25, 0.3) is 0 Å². The molecule has 1 aromatic rings. The Hall–Kier alpha value is -0.700. The van der Waals surface area contributed by atoms with Crippen LogP contribution in [0.3, 0.4) is 0 Å². The van der Waals surface area contributed by atoms with Crippen LogP contribution in [-0.4, -0.2) is 12.4 Å². The molecule has 0 aliphatic heterocycles. The van der Waals surface area contributed by atoms with E-state index in [1.165, 1.54) is 6.07 Å². The summed E-state index contributed by atoms with van der Waals surface area (Å²) < 4.78 is 18.7. The van der Waals surface area contributed by atoms with Crippen LogP contribution in [0, 0.1) is 5.82 Å². The molecule has 1 rings (SSSR count). The Bertz CT molecular complexity index is 336. The summed E-state index contributed by atoms with van der Waals surface area (Å²) in [5, 5.41) is 0. The summed E-state index contributed by atoms with van der Waals surface area (Å²) >= 11 is 4.26. The predicted octanol–water partition coefficient (Wildman–Crippen LogP) is 3.43. The molecule has 0 aliphatic rings. The second-order valence-corrected chi connectivity index (χ2v) is 4.44. The van der Waals surface area contributed by atoms with Crippen molar-refractivity contribution in [1.82, 2.24) is 0 Å². The van der Waals surface area contributed by atoms with Gasteiger partial charge in [0.2, 0.25) is 0 Å². The molecule has 15 heavy (non-hydrogen) atoms. The number of rotatable bonds is 4. The smallest absolute Gasteiger partial charge is 0.165 e. The highest BCUT2D eigenvalue weighted by Crippen LogP contribution is 2.28. The molecule has 0 fully saturated rings. The van der Waals surface area contributed by atoms with Crippen LogP contribution in [0.1, 0.15) is 26.3 Å². The van der Waals surface area contributed by atoms with Crippen LogP contribution in [0.25, 0.3) is 0 Å². The van der Waals surface area contributed by atoms with E-state index in [2.05, 4.69) is 12.6 Å². The van der Waals surface area contributed by atoms with Crippen molar-refractivity contribution in [2.45, 2.75) is 26.2 Å². The highest BCUT2D eigenvalue weighted by molar-refractivity contribution is 7.80. The zero-order valence-electron chi connectivity index (χ0n) is 9.38. The molecule has 0 spiro atoms. The number of hydrogen-bond donors (Lipinski definition) is 1. The second-order valence-electron chi connectivity index (χ2n) is 4.12. The van der Waals surface area contributed by atoms with E-state index in [0.29, 0.717) is 18.1 Å². The molecule has 0 aromatic heterocycles. The van der Waals surface area contributed by atoms with E-state index in [0.717, 1.165) is 5.56 Å². The van der Waals surface area contributed by atoms with Crippen molar-refractivity contribution < 1.29 is 9.13 Å². The highest BCUT2D eigenvalue weighted by atomic mass is 32.1. The normalized spacial score (nSPS) is 11.5. The van der Waals surface area contributed by atoms with Gasteiger partial charge in [-0.05, 0) is 35.8 Å². The zero-order chi connectivity index (χ0) is 11.5. The van der Waals surface area contributed by atoms with Gasteiger partial charge in [-0.25, -0.2) is 4.39 Å². The van der Waals surface area contributed by atoms with Gasteiger partial charge in [0.15, 0.2) is 11.6 Å². The summed E-state index contributed by atoms with van der Waals surface area (Å²) in [6.45, 7) is 6.39. The summed E-state index contributed by atoms with van der Waals surface area (Å²) in [6, 6.07) is 5.10. The lowest BCUT2D eigenvalue weighted by molar-refractivity contribution is 0.321. The number of hydrogen-bond acceptors (Lipinski definition) is 2. The minimum Gasteiger partial charge on any atom is -0.491 e. The molecule has 84 valence electrons. The minimum atomic E-state index is -0.302. The van der Waals surface area contributed by atoms with E-state index in [-0.39, 0.29) is 11.2 Å². The SMILES string of the molecule is CCOc1ccc(C(C)(C)CS)cc1F. The predicted molar refractivity (Wildman–Crippen MR) is 64.4 cm³/mol. The lowest BCUT2D eigenvalue weighted by Gasteiger charge is -2.23. The summed E-state index contributed by atoms with van der Waals surface area (Å²) in [6.07, 6.45) is 0. The molecule has 0 radical (unpaired) electrons. The van der Waals surface area contributed by atoms with E-state index in [1.54, 1.807) is 6.07 Å². The van der Waals surface area contributed by atoms with Crippen LogP contribution in [0.15, 0.2) is 18.2 Å². The molecule has 0 saturated heterocycles. The van der Waals surface area contributed by atoms with Gasteiger partial charge >= 0.3 is 0 Å². The highest BCUT2D eigenvalue weighted by Gasteiger charge is 2.20. The molecule has 0 saturated carbocycles. The van der Waals surface area contributed by atoms with Gasteiger partial charge in [-0.1, -0.05) is 19.9 Å². The molecule has 0 aliphatic carbocycles. The fraction of sp³-hybridized carbons (Fsp3) is 0.500. The number of ether oxygens (including phenoxy) is 1.